The molecule has 0 aromatic rings. The summed E-state index contributed by atoms with van der Waals surface area (Å²) in [6.07, 6.45) is -0.254. The maximum atomic E-state index is 11.5. The van der Waals surface area contributed by atoms with E-state index in [1.807, 2.05) is 0 Å². The van der Waals surface area contributed by atoms with Gasteiger partial charge in [-0.05, 0) is 6.42 Å². The van der Waals surface area contributed by atoms with Gasteiger partial charge < -0.3 is 48.1 Å². The maximum Gasteiger partial charge on any atom is 0.285 e. The molecule has 26 heavy (non-hydrogen) atoms. The zero-order valence-corrected chi connectivity index (χ0v) is 17.0. The van der Waals surface area contributed by atoms with Crippen molar-refractivity contribution >= 4 is 0 Å². The van der Waals surface area contributed by atoms with Crippen molar-refractivity contribution < 1.29 is 48.1 Å². The summed E-state index contributed by atoms with van der Waals surface area (Å²) in [5.74, 6) is -4.82. The molecule has 1 atom stereocenters. The topological polar surface area (TPSA) is 114 Å². The molecule has 0 aromatic carbocycles. The van der Waals surface area contributed by atoms with Gasteiger partial charge in [-0.3, -0.25) is 0 Å². The van der Waals surface area contributed by atoms with E-state index in [4.69, 9.17) is 37.9 Å². The lowest BCUT2D eigenvalue weighted by Crippen LogP contribution is -2.63. The van der Waals surface area contributed by atoms with E-state index in [-0.39, 0.29) is 19.3 Å². The van der Waals surface area contributed by atoms with Crippen LogP contribution in [0.3, 0.4) is 0 Å². The maximum absolute atomic E-state index is 11.5. The van der Waals surface area contributed by atoms with E-state index in [1.165, 1.54) is 56.9 Å². The lowest BCUT2D eigenvalue weighted by molar-refractivity contribution is -0.404. The molecular formula is C16H34O10. The van der Waals surface area contributed by atoms with E-state index in [9.17, 15) is 10.2 Å². The molecule has 0 bridgehead atoms. The second kappa shape index (κ2) is 10.8. The van der Waals surface area contributed by atoms with Crippen molar-refractivity contribution in [1.29, 1.82) is 0 Å². The summed E-state index contributed by atoms with van der Waals surface area (Å²) in [5.41, 5.74) is -1.85. The zero-order chi connectivity index (χ0) is 20.5. The van der Waals surface area contributed by atoms with Crippen LogP contribution in [0.4, 0.5) is 0 Å². The summed E-state index contributed by atoms with van der Waals surface area (Å²) in [7, 11) is 10.9. The second-order valence-electron chi connectivity index (χ2n) is 5.62. The Labute approximate surface area is 155 Å². The summed E-state index contributed by atoms with van der Waals surface area (Å²) in [4.78, 5) is 0. The van der Waals surface area contributed by atoms with Crippen LogP contribution in [0.15, 0.2) is 0 Å². The van der Waals surface area contributed by atoms with Gasteiger partial charge in [-0.25, -0.2) is 0 Å². The quantitative estimate of drug-likeness (QED) is 0.374. The van der Waals surface area contributed by atoms with Crippen LogP contribution < -0.4 is 0 Å². The molecule has 10 nitrogen and oxygen atoms in total. The van der Waals surface area contributed by atoms with E-state index in [1.54, 1.807) is 0 Å². The van der Waals surface area contributed by atoms with Gasteiger partial charge in [0.1, 0.15) is 12.2 Å². The Bertz CT molecular complexity index is 354. The first kappa shape index (κ1) is 25.6. The third-order valence-corrected chi connectivity index (χ3v) is 4.80. The van der Waals surface area contributed by atoms with Gasteiger partial charge in [-0.2, -0.15) is 0 Å². The van der Waals surface area contributed by atoms with Crippen LogP contribution in [0, 0.1) is 0 Å². The molecule has 0 rings (SSSR count). The van der Waals surface area contributed by atoms with Crippen LogP contribution in [-0.2, 0) is 37.9 Å². The fourth-order valence-electron chi connectivity index (χ4n) is 2.89. The van der Waals surface area contributed by atoms with Crippen molar-refractivity contribution in [3.8, 4) is 0 Å². The van der Waals surface area contributed by atoms with E-state index in [0.717, 1.165) is 0 Å². The third-order valence-electron chi connectivity index (χ3n) is 4.80. The number of methoxy groups -OCH3 is 8. The van der Waals surface area contributed by atoms with Crippen molar-refractivity contribution in [3.05, 3.63) is 0 Å². The molecule has 0 amide bonds. The summed E-state index contributed by atoms with van der Waals surface area (Å²) in [6.45, 7) is -0.649. The minimum absolute atomic E-state index is 0.0530. The first-order chi connectivity index (χ1) is 12.2. The molecule has 0 aromatic heterocycles. The number of hydrogen-bond acceptors (Lipinski definition) is 10. The summed E-state index contributed by atoms with van der Waals surface area (Å²) >= 11 is 0. The SMILES string of the molecule is COC(CCC(O)(CC(OC)(OC)OC)C(CO)(OC)OC)(OC)OC. The average molecular weight is 386 g/mol. The second-order valence-corrected chi connectivity index (χ2v) is 5.62. The van der Waals surface area contributed by atoms with Crippen molar-refractivity contribution in [2.75, 3.05) is 63.5 Å². The number of rotatable bonds is 15. The molecule has 0 aliphatic carbocycles. The highest BCUT2D eigenvalue weighted by molar-refractivity contribution is 4.97. The van der Waals surface area contributed by atoms with Gasteiger partial charge >= 0.3 is 0 Å². The Morgan fingerprint density at radius 3 is 1.23 bits per heavy atom. The largest absolute Gasteiger partial charge is 0.391 e. The van der Waals surface area contributed by atoms with Gasteiger partial charge in [0.05, 0.1) is 6.42 Å². The fraction of sp³-hybridized carbons (Fsp3) is 1.00. The number of aliphatic hydroxyl groups is 2. The van der Waals surface area contributed by atoms with Crippen molar-refractivity contribution in [3.63, 3.8) is 0 Å². The highest BCUT2D eigenvalue weighted by atomic mass is 16.9. The van der Waals surface area contributed by atoms with Crippen LogP contribution in [0.25, 0.3) is 0 Å². The molecule has 0 spiro atoms. The molecule has 0 saturated carbocycles. The number of ether oxygens (including phenoxy) is 8. The molecule has 2 N–H and O–H groups in total. The van der Waals surface area contributed by atoms with Crippen LogP contribution >= 0.6 is 0 Å². The molecule has 0 fully saturated rings. The molecule has 158 valence electrons. The Hall–Kier alpha value is -0.400. The Morgan fingerprint density at radius 2 is 0.962 bits per heavy atom. The van der Waals surface area contributed by atoms with Crippen molar-refractivity contribution in [2.24, 2.45) is 0 Å². The highest BCUT2D eigenvalue weighted by Crippen LogP contribution is 2.41. The summed E-state index contributed by atoms with van der Waals surface area (Å²) in [6, 6.07) is 0. The molecular weight excluding hydrogens is 352 g/mol. The lowest BCUT2D eigenvalue weighted by Gasteiger charge is -2.47. The minimum Gasteiger partial charge on any atom is -0.391 e. The summed E-state index contributed by atoms with van der Waals surface area (Å²) in [5, 5.41) is 21.4. The molecule has 0 radical (unpaired) electrons. The number of aliphatic hydroxyl groups excluding tert-OH is 1. The van der Waals surface area contributed by atoms with Crippen LogP contribution in [-0.4, -0.2) is 97.0 Å². The Kier molecular flexibility index (Phi) is 10.6. The van der Waals surface area contributed by atoms with E-state index >= 15 is 0 Å². The van der Waals surface area contributed by atoms with Gasteiger partial charge in [0.2, 0.25) is 5.79 Å². The third kappa shape index (κ3) is 5.10. The molecule has 0 aliphatic heterocycles. The van der Waals surface area contributed by atoms with Crippen LogP contribution in [0.5, 0.6) is 0 Å². The smallest absolute Gasteiger partial charge is 0.285 e. The average Bonchev–Trinajstić information content (AvgIpc) is 2.69. The predicted molar refractivity (Wildman–Crippen MR) is 90.2 cm³/mol. The first-order valence-electron chi connectivity index (χ1n) is 7.96. The molecule has 0 saturated heterocycles. The first-order valence-corrected chi connectivity index (χ1v) is 7.96. The minimum atomic E-state index is -1.85. The molecule has 10 heteroatoms. The van der Waals surface area contributed by atoms with Gasteiger partial charge in [-0.1, -0.05) is 0 Å². The van der Waals surface area contributed by atoms with Crippen LogP contribution in [0.1, 0.15) is 19.3 Å². The lowest BCUT2D eigenvalue weighted by atomic mass is 9.83. The molecule has 0 heterocycles. The zero-order valence-electron chi connectivity index (χ0n) is 17.0. The van der Waals surface area contributed by atoms with Gasteiger partial charge in [0, 0.05) is 63.3 Å². The van der Waals surface area contributed by atoms with E-state index < -0.39 is 29.9 Å². The Morgan fingerprint density at radius 1 is 0.577 bits per heavy atom. The molecule has 1 unspecified atom stereocenters. The van der Waals surface area contributed by atoms with Crippen molar-refractivity contribution in [1.82, 2.24) is 0 Å². The van der Waals surface area contributed by atoms with Crippen LogP contribution in [0.2, 0.25) is 0 Å². The van der Waals surface area contributed by atoms with Gasteiger partial charge in [0.15, 0.2) is 0 Å². The molecule has 0 aliphatic rings. The monoisotopic (exact) mass is 386 g/mol. The fourth-order valence-corrected chi connectivity index (χ4v) is 2.89. The van der Waals surface area contributed by atoms with Gasteiger partial charge in [0.25, 0.3) is 11.9 Å². The van der Waals surface area contributed by atoms with E-state index in [2.05, 4.69) is 0 Å². The summed E-state index contributed by atoms with van der Waals surface area (Å²) < 4.78 is 42.3. The van der Waals surface area contributed by atoms with Crippen molar-refractivity contribution in [2.45, 2.75) is 42.6 Å². The normalized spacial score (nSPS) is 15.9. The Balaban J connectivity index is 5.96. The standard InChI is InChI=1S/C16H34O10/c1-19-14(12-17,20-2)13(18,11-16(24-6,25-7)26-8)9-10-15(21-3,22-4)23-5/h17-18H,9-12H2,1-8H3. The predicted octanol–water partition coefficient (Wildman–Crippen LogP) is 0.0552. The van der Waals surface area contributed by atoms with E-state index in [0.29, 0.717) is 0 Å². The highest BCUT2D eigenvalue weighted by Gasteiger charge is 2.57. The number of hydrogen-bond donors (Lipinski definition) is 2. The van der Waals surface area contributed by atoms with Gasteiger partial charge in [-0.15, -0.1) is 0 Å².